The minimum atomic E-state index is -4.20. The summed E-state index contributed by atoms with van der Waals surface area (Å²) in [5.41, 5.74) is 0.983. The molecule has 0 amide bonds. The van der Waals surface area contributed by atoms with Crippen LogP contribution in [0.3, 0.4) is 0 Å². The van der Waals surface area contributed by atoms with Gasteiger partial charge in [-0.05, 0) is 25.5 Å². The maximum Gasteiger partial charge on any atom is 0.403 e. The number of aromatic nitrogens is 3. The van der Waals surface area contributed by atoms with Crippen LogP contribution in [0, 0.1) is 6.92 Å². The first-order valence-corrected chi connectivity index (χ1v) is 9.51. The molecule has 0 saturated carbocycles. The van der Waals surface area contributed by atoms with Crippen molar-refractivity contribution in [3.8, 4) is 5.82 Å². The zero-order chi connectivity index (χ0) is 21.0. The van der Waals surface area contributed by atoms with E-state index in [1.165, 1.54) is 11.8 Å². The average molecular weight is 409 g/mol. The third-order valence-corrected chi connectivity index (χ3v) is 5.18. The number of hydrogen-bond acceptors (Lipinski definition) is 4. The van der Waals surface area contributed by atoms with E-state index in [0.717, 1.165) is 17.2 Å². The van der Waals surface area contributed by atoms with Crippen molar-refractivity contribution in [3.63, 3.8) is 0 Å². The van der Waals surface area contributed by atoms with Gasteiger partial charge in [0, 0.05) is 58.4 Å². The van der Waals surface area contributed by atoms with Crippen LogP contribution in [0.2, 0.25) is 0 Å². The van der Waals surface area contributed by atoms with E-state index in [1.807, 2.05) is 34.7 Å². The van der Waals surface area contributed by atoms with Crippen LogP contribution in [0.5, 0.6) is 0 Å². The highest BCUT2D eigenvalue weighted by molar-refractivity contribution is 5.80. The molecule has 1 saturated heterocycles. The molecular formula is C19H26F3N7. The molecule has 2 aromatic rings. The first-order chi connectivity index (χ1) is 13.8. The van der Waals surface area contributed by atoms with Crippen LogP contribution in [0.15, 0.2) is 35.7 Å². The summed E-state index contributed by atoms with van der Waals surface area (Å²) in [6.07, 6.45) is 1.18. The number of halogens is 3. The summed E-state index contributed by atoms with van der Waals surface area (Å²) < 4.78 is 40.6. The molecule has 1 unspecified atom stereocenters. The van der Waals surface area contributed by atoms with Crippen molar-refractivity contribution in [1.82, 2.24) is 29.7 Å². The summed E-state index contributed by atoms with van der Waals surface area (Å²) in [5.74, 6) is 2.34. The van der Waals surface area contributed by atoms with Gasteiger partial charge in [-0.2, -0.15) is 13.2 Å². The Balaban J connectivity index is 1.53. The number of aryl methyl sites for hydroxylation is 1. The molecule has 0 aliphatic carbocycles. The summed E-state index contributed by atoms with van der Waals surface area (Å²) in [7, 11) is 1.68. The average Bonchev–Trinajstić information content (AvgIpc) is 3.14. The Kier molecular flexibility index (Phi) is 6.41. The Bertz CT molecular complexity index is 821. The molecule has 1 aliphatic rings. The fourth-order valence-corrected chi connectivity index (χ4v) is 3.33. The molecule has 1 atom stereocenters. The van der Waals surface area contributed by atoms with E-state index < -0.39 is 12.2 Å². The zero-order valence-electron chi connectivity index (χ0n) is 16.8. The third-order valence-electron chi connectivity index (χ3n) is 5.18. The highest BCUT2D eigenvalue weighted by atomic mass is 19.4. The standard InChI is InChI=1S/C19H26F3N7/c1-14(19(20,21)22)27-8-10-28(11-9-27)18(23-3)26-13-16-4-5-17(25-12-16)29-7-6-24-15(29)2/h4-7,12,14H,8-11,13H2,1-3H3,(H,23,26). The molecule has 0 bridgehead atoms. The van der Waals surface area contributed by atoms with E-state index in [4.69, 9.17) is 0 Å². The molecular weight excluding hydrogens is 383 g/mol. The second-order valence-electron chi connectivity index (χ2n) is 7.01. The van der Waals surface area contributed by atoms with E-state index in [-0.39, 0.29) is 0 Å². The van der Waals surface area contributed by atoms with Crippen LogP contribution in [0.25, 0.3) is 5.82 Å². The lowest BCUT2D eigenvalue weighted by Gasteiger charge is -2.39. The van der Waals surface area contributed by atoms with Gasteiger partial charge in [-0.25, -0.2) is 9.97 Å². The Morgan fingerprint density at radius 1 is 1.21 bits per heavy atom. The van der Waals surface area contributed by atoms with Crippen LogP contribution < -0.4 is 5.32 Å². The molecule has 10 heteroatoms. The highest BCUT2D eigenvalue weighted by Crippen LogP contribution is 2.25. The van der Waals surface area contributed by atoms with Gasteiger partial charge in [0.25, 0.3) is 0 Å². The van der Waals surface area contributed by atoms with Gasteiger partial charge in [0.15, 0.2) is 5.96 Å². The molecule has 1 N–H and O–H groups in total. The summed E-state index contributed by atoms with van der Waals surface area (Å²) in [4.78, 5) is 16.4. The molecule has 158 valence electrons. The van der Waals surface area contributed by atoms with Crippen LogP contribution in [0.1, 0.15) is 18.3 Å². The summed E-state index contributed by atoms with van der Waals surface area (Å²) >= 11 is 0. The first kappa shape index (κ1) is 21.1. The molecule has 2 aromatic heterocycles. The van der Waals surface area contributed by atoms with Crippen molar-refractivity contribution < 1.29 is 13.2 Å². The van der Waals surface area contributed by atoms with Gasteiger partial charge < -0.3 is 10.2 Å². The Morgan fingerprint density at radius 3 is 2.45 bits per heavy atom. The quantitative estimate of drug-likeness (QED) is 0.620. The Hall–Kier alpha value is -2.62. The molecule has 3 rings (SSSR count). The fourth-order valence-electron chi connectivity index (χ4n) is 3.33. The maximum absolute atomic E-state index is 12.9. The number of alkyl halides is 3. The topological polar surface area (TPSA) is 61.6 Å². The van der Waals surface area contributed by atoms with E-state index in [9.17, 15) is 13.2 Å². The lowest BCUT2D eigenvalue weighted by atomic mass is 10.2. The van der Waals surface area contributed by atoms with Crippen molar-refractivity contribution in [3.05, 3.63) is 42.1 Å². The molecule has 0 spiro atoms. The molecule has 29 heavy (non-hydrogen) atoms. The Labute approximate surface area is 168 Å². The number of hydrogen-bond donors (Lipinski definition) is 1. The molecule has 0 radical (unpaired) electrons. The first-order valence-electron chi connectivity index (χ1n) is 9.51. The molecule has 0 aromatic carbocycles. The van der Waals surface area contributed by atoms with Gasteiger partial charge in [-0.15, -0.1) is 0 Å². The van der Waals surface area contributed by atoms with Crippen LogP contribution in [0.4, 0.5) is 13.2 Å². The van der Waals surface area contributed by atoms with Crippen molar-refractivity contribution in [1.29, 1.82) is 0 Å². The minimum Gasteiger partial charge on any atom is -0.352 e. The lowest BCUT2D eigenvalue weighted by molar-refractivity contribution is -0.181. The molecule has 3 heterocycles. The monoisotopic (exact) mass is 409 g/mol. The number of piperazine rings is 1. The predicted molar refractivity (Wildman–Crippen MR) is 105 cm³/mol. The molecule has 7 nitrogen and oxygen atoms in total. The van der Waals surface area contributed by atoms with Crippen LogP contribution in [-0.2, 0) is 6.54 Å². The summed E-state index contributed by atoms with van der Waals surface area (Å²) in [6, 6.07) is 2.47. The van der Waals surface area contributed by atoms with Gasteiger partial charge in [-0.3, -0.25) is 14.5 Å². The van der Waals surface area contributed by atoms with E-state index in [0.29, 0.717) is 38.7 Å². The second-order valence-corrected chi connectivity index (χ2v) is 7.01. The molecule has 1 fully saturated rings. The Morgan fingerprint density at radius 2 is 1.93 bits per heavy atom. The minimum absolute atomic E-state index is 0.349. The van der Waals surface area contributed by atoms with Gasteiger partial charge >= 0.3 is 6.18 Å². The third kappa shape index (κ3) is 5.06. The lowest BCUT2D eigenvalue weighted by Crippen LogP contribution is -2.56. The number of nitrogens with one attached hydrogen (secondary N) is 1. The van der Waals surface area contributed by atoms with Crippen molar-refractivity contribution in [2.45, 2.75) is 32.6 Å². The normalized spacial score (nSPS) is 17.4. The smallest absolute Gasteiger partial charge is 0.352 e. The van der Waals surface area contributed by atoms with Crippen LogP contribution >= 0.6 is 0 Å². The van der Waals surface area contributed by atoms with Gasteiger partial charge in [0.1, 0.15) is 17.7 Å². The summed E-state index contributed by atoms with van der Waals surface area (Å²) in [6.45, 7) is 5.35. The van der Waals surface area contributed by atoms with Gasteiger partial charge in [-0.1, -0.05) is 6.07 Å². The number of nitrogens with zero attached hydrogens (tertiary/aromatic N) is 6. The van der Waals surface area contributed by atoms with Crippen LogP contribution in [-0.4, -0.2) is 75.7 Å². The van der Waals surface area contributed by atoms with Gasteiger partial charge in [0.2, 0.25) is 0 Å². The van der Waals surface area contributed by atoms with E-state index in [1.54, 1.807) is 19.4 Å². The molecule has 1 aliphatic heterocycles. The number of aliphatic imine (C=N–C) groups is 1. The van der Waals surface area contributed by atoms with Crippen molar-refractivity contribution >= 4 is 5.96 Å². The number of pyridine rings is 1. The van der Waals surface area contributed by atoms with Crippen molar-refractivity contribution in [2.75, 3.05) is 33.2 Å². The van der Waals surface area contributed by atoms with Gasteiger partial charge in [0.05, 0.1) is 0 Å². The zero-order valence-corrected chi connectivity index (χ0v) is 16.8. The SMILES string of the molecule is CN=C(NCc1ccc(-n2ccnc2C)nc1)N1CCN(C(C)C(F)(F)F)CC1. The highest BCUT2D eigenvalue weighted by Gasteiger charge is 2.41. The van der Waals surface area contributed by atoms with E-state index >= 15 is 0 Å². The second kappa shape index (κ2) is 8.81. The maximum atomic E-state index is 12.9. The van der Waals surface area contributed by atoms with Crippen molar-refractivity contribution in [2.24, 2.45) is 4.99 Å². The number of imidazole rings is 1. The number of rotatable bonds is 4. The predicted octanol–water partition coefficient (Wildman–Crippen LogP) is 2.22. The number of guanidine groups is 1. The van der Waals surface area contributed by atoms with E-state index in [2.05, 4.69) is 20.3 Å². The fraction of sp³-hybridized carbons (Fsp3) is 0.526. The largest absolute Gasteiger partial charge is 0.403 e. The summed E-state index contributed by atoms with van der Waals surface area (Å²) in [5, 5.41) is 3.27.